The molecule has 3 heteroatoms. The standard InChI is InChI=1S/C11H11BrO2/c1-8(2)7-14-11-4-9(6-13)3-10(12)5-11/h3-6H,1,7H2,2H3. The maximum Gasteiger partial charge on any atom is 0.150 e. The number of rotatable bonds is 4. The maximum absolute atomic E-state index is 10.6. The summed E-state index contributed by atoms with van der Waals surface area (Å²) >= 11 is 3.30. The molecule has 0 heterocycles. The maximum atomic E-state index is 10.6. The first-order valence-corrected chi connectivity index (χ1v) is 4.94. The van der Waals surface area contributed by atoms with Crippen molar-refractivity contribution < 1.29 is 9.53 Å². The fourth-order valence-corrected chi connectivity index (χ4v) is 1.43. The zero-order chi connectivity index (χ0) is 10.6. The number of ether oxygens (including phenoxy) is 1. The van der Waals surface area contributed by atoms with E-state index in [9.17, 15) is 4.79 Å². The predicted molar refractivity (Wildman–Crippen MR) is 59.8 cm³/mol. The van der Waals surface area contributed by atoms with Crippen molar-refractivity contribution in [3.63, 3.8) is 0 Å². The van der Waals surface area contributed by atoms with Crippen molar-refractivity contribution in [2.24, 2.45) is 0 Å². The average molecular weight is 255 g/mol. The Balaban J connectivity index is 2.81. The minimum Gasteiger partial charge on any atom is -0.489 e. The molecular formula is C11H11BrO2. The van der Waals surface area contributed by atoms with Gasteiger partial charge in [0.05, 0.1) is 0 Å². The zero-order valence-corrected chi connectivity index (χ0v) is 9.50. The Bertz CT molecular complexity index is 358. The van der Waals surface area contributed by atoms with Gasteiger partial charge in [0.1, 0.15) is 18.6 Å². The first kappa shape index (κ1) is 11.0. The van der Waals surface area contributed by atoms with Gasteiger partial charge in [0.2, 0.25) is 0 Å². The molecule has 2 nitrogen and oxygen atoms in total. The van der Waals surface area contributed by atoms with Crippen molar-refractivity contribution in [2.75, 3.05) is 6.61 Å². The van der Waals surface area contributed by atoms with Crippen LogP contribution in [0.1, 0.15) is 17.3 Å². The van der Waals surface area contributed by atoms with Crippen LogP contribution in [0.3, 0.4) is 0 Å². The van der Waals surface area contributed by atoms with Crippen molar-refractivity contribution in [2.45, 2.75) is 6.92 Å². The highest BCUT2D eigenvalue weighted by Crippen LogP contribution is 2.20. The number of benzene rings is 1. The second-order valence-electron chi connectivity index (χ2n) is 3.08. The van der Waals surface area contributed by atoms with Crippen LogP contribution in [0.15, 0.2) is 34.8 Å². The lowest BCUT2D eigenvalue weighted by molar-refractivity contribution is 0.112. The quantitative estimate of drug-likeness (QED) is 0.610. The molecular weight excluding hydrogens is 244 g/mol. The van der Waals surface area contributed by atoms with Gasteiger partial charge < -0.3 is 4.74 Å². The second-order valence-corrected chi connectivity index (χ2v) is 4.00. The third-order valence-corrected chi connectivity index (χ3v) is 1.97. The summed E-state index contributed by atoms with van der Waals surface area (Å²) < 4.78 is 6.23. The van der Waals surface area contributed by atoms with E-state index in [1.54, 1.807) is 12.1 Å². The van der Waals surface area contributed by atoms with Gasteiger partial charge in [-0.05, 0) is 30.7 Å². The lowest BCUT2D eigenvalue weighted by Crippen LogP contribution is -1.98. The molecule has 0 saturated heterocycles. The Kier molecular flexibility index (Phi) is 3.89. The predicted octanol–water partition coefficient (Wildman–Crippen LogP) is 3.22. The summed E-state index contributed by atoms with van der Waals surface area (Å²) in [6.07, 6.45) is 0.790. The molecule has 74 valence electrons. The van der Waals surface area contributed by atoms with Crippen LogP contribution in [-0.4, -0.2) is 12.9 Å². The van der Waals surface area contributed by atoms with Crippen molar-refractivity contribution in [3.8, 4) is 5.75 Å². The minimum absolute atomic E-state index is 0.467. The molecule has 1 aromatic rings. The molecule has 0 bridgehead atoms. The van der Waals surface area contributed by atoms with Crippen LogP contribution in [-0.2, 0) is 0 Å². The fraction of sp³-hybridized carbons (Fsp3) is 0.182. The van der Waals surface area contributed by atoms with E-state index in [-0.39, 0.29) is 0 Å². The molecule has 0 saturated carbocycles. The van der Waals surface area contributed by atoms with E-state index in [1.165, 1.54) is 0 Å². The third-order valence-electron chi connectivity index (χ3n) is 1.51. The number of hydrogen-bond donors (Lipinski definition) is 0. The van der Waals surface area contributed by atoms with Gasteiger partial charge in [-0.3, -0.25) is 4.79 Å². The molecule has 0 aliphatic carbocycles. The molecule has 0 N–H and O–H groups in total. The molecule has 14 heavy (non-hydrogen) atoms. The molecule has 0 radical (unpaired) electrons. The van der Waals surface area contributed by atoms with Crippen LogP contribution >= 0.6 is 15.9 Å². The smallest absolute Gasteiger partial charge is 0.150 e. The highest BCUT2D eigenvalue weighted by Gasteiger charge is 1.99. The van der Waals surface area contributed by atoms with Gasteiger partial charge in [0.25, 0.3) is 0 Å². The van der Waals surface area contributed by atoms with Crippen LogP contribution in [0.2, 0.25) is 0 Å². The van der Waals surface area contributed by atoms with Crippen molar-refractivity contribution in [3.05, 3.63) is 40.4 Å². The van der Waals surface area contributed by atoms with E-state index < -0.39 is 0 Å². The Labute approximate surface area is 91.7 Å². The molecule has 0 spiro atoms. The van der Waals surface area contributed by atoms with Gasteiger partial charge >= 0.3 is 0 Å². The van der Waals surface area contributed by atoms with E-state index in [0.717, 1.165) is 16.3 Å². The number of carbonyl (C=O) groups excluding carboxylic acids is 1. The minimum atomic E-state index is 0.467. The normalized spacial score (nSPS) is 9.57. The van der Waals surface area contributed by atoms with Gasteiger partial charge in [0, 0.05) is 10.0 Å². The van der Waals surface area contributed by atoms with Gasteiger partial charge in [-0.15, -0.1) is 0 Å². The van der Waals surface area contributed by atoms with E-state index >= 15 is 0 Å². The molecule has 0 amide bonds. The largest absolute Gasteiger partial charge is 0.489 e. The summed E-state index contributed by atoms with van der Waals surface area (Å²) in [6, 6.07) is 5.25. The Morgan fingerprint density at radius 1 is 1.57 bits per heavy atom. The molecule has 1 aromatic carbocycles. The van der Waals surface area contributed by atoms with Gasteiger partial charge in [0.15, 0.2) is 0 Å². The summed E-state index contributed by atoms with van der Waals surface area (Å²) in [6.45, 7) is 6.08. The van der Waals surface area contributed by atoms with E-state index in [2.05, 4.69) is 22.5 Å². The van der Waals surface area contributed by atoms with Crippen molar-refractivity contribution in [1.82, 2.24) is 0 Å². The highest BCUT2D eigenvalue weighted by atomic mass is 79.9. The number of carbonyl (C=O) groups is 1. The van der Waals surface area contributed by atoms with Crippen LogP contribution in [0.4, 0.5) is 0 Å². The summed E-state index contributed by atoms with van der Waals surface area (Å²) in [4.78, 5) is 10.6. The van der Waals surface area contributed by atoms with Crippen LogP contribution in [0.25, 0.3) is 0 Å². The molecule has 0 aliphatic heterocycles. The number of aldehydes is 1. The lowest BCUT2D eigenvalue weighted by Gasteiger charge is -2.06. The van der Waals surface area contributed by atoms with Crippen LogP contribution < -0.4 is 4.74 Å². The summed E-state index contributed by atoms with van der Waals surface area (Å²) in [7, 11) is 0. The first-order chi connectivity index (χ1) is 6.61. The SMILES string of the molecule is C=C(C)COc1cc(Br)cc(C=O)c1. The fourth-order valence-electron chi connectivity index (χ4n) is 0.942. The number of halogens is 1. The molecule has 0 unspecified atom stereocenters. The van der Waals surface area contributed by atoms with E-state index in [4.69, 9.17) is 4.74 Å². The Hall–Kier alpha value is -1.09. The zero-order valence-electron chi connectivity index (χ0n) is 7.92. The molecule has 0 aliphatic rings. The summed E-state index contributed by atoms with van der Waals surface area (Å²) in [5, 5.41) is 0. The topological polar surface area (TPSA) is 26.3 Å². The molecule has 1 rings (SSSR count). The molecule has 0 fully saturated rings. The number of hydrogen-bond acceptors (Lipinski definition) is 2. The summed E-state index contributed by atoms with van der Waals surface area (Å²) in [5.74, 6) is 0.671. The lowest BCUT2D eigenvalue weighted by atomic mass is 10.2. The molecule has 0 atom stereocenters. The monoisotopic (exact) mass is 254 g/mol. The highest BCUT2D eigenvalue weighted by molar-refractivity contribution is 9.10. The van der Waals surface area contributed by atoms with Crippen molar-refractivity contribution in [1.29, 1.82) is 0 Å². The summed E-state index contributed by atoms with van der Waals surface area (Å²) in [5.41, 5.74) is 1.54. The van der Waals surface area contributed by atoms with Gasteiger partial charge in [-0.25, -0.2) is 0 Å². The average Bonchev–Trinajstić information content (AvgIpc) is 2.14. The van der Waals surface area contributed by atoms with E-state index in [1.807, 2.05) is 13.0 Å². The third kappa shape index (κ3) is 3.34. The van der Waals surface area contributed by atoms with Crippen LogP contribution in [0.5, 0.6) is 5.75 Å². The van der Waals surface area contributed by atoms with Crippen molar-refractivity contribution >= 4 is 22.2 Å². The Morgan fingerprint density at radius 2 is 2.29 bits per heavy atom. The molecule has 0 aromatic heterocycles. The van der Waals surface area contributed by atoms with Gasteiger partial charge in [-0.2, -0.15) is 0 Å². The Morgan fingerprint density at radius 3 is 2.86 bits per heavy atom. The van der Waals surface area contributed by atoms with Gasteiger partial charge in [-0.1, -0.05) is 22.5 Å². The van der Waals surface area contributed by atoms with E-state index in [0.29, 0.717) is 17.9 Å². The first-order valence-electron chi connectivity index (χ1n) is 4.15. The van der Waals surface area contributed by atoms with Crippen LogP contribution in [0, 0.1) is 0 Å². The second kappa shape index (κ2) is 4.96.